The molecule has 1 aliphatic carbocycles. The van der Waals surface area contributed by atoms with Crippen LogP contribution >= 0.6 is 0 Å². The minimum absolute atomic E-state index is 0.0398. The molecule has 3 aromatic rings. The number of carbonyl (C=O) groups excluding carboxylic acids is 1. The first kappa shape index (κ1) is 26.3. The molecule has 10 nitrogen and oxygen atoms in total. The van der Waals surface area contributed by atoms with Crippen LogP contribution in [0.1, 0.15) is 48.9 Å². The predicted molar refractivity (Wildman–Crippen MR) is 160 cm³/mol. The number of fused-ring (bicyclic) bond motifs is 2. The fraction of sp³-hybridized carbons (Fsp3) is 0.548. The van der Waals surface area contributed by atoms with E-state index in [4.69, 9.17) is 4.98 Å². The van der Waals surface area contributed by atoms with Gasteiger partial charge >= 0.3 is 5.69 Å². The maximum absolute atomic E-state index is 13.9. The van der Waals surface area contributed by atoms with Crippen LogP contribution in [-0.4, -0.2) is 86.8 Å². The molecule has 7 rings (SSSR count). The number of hydrogen-bond donors (Lipinski definition) is 1. The number of anilines is 2. The minimum Gasteiger partial charge on any atom is -0.365 e. The van der Waals surface area contributed by atoms with Crippen LogP contribution in [0.2, 0.25) is 0 Å². The van der Waals surface area contributed by atoms with Crippen LogP contribution in [0.25, 0.3) is 10.9 Å². The summed E-state index contributed by atoms with van der Waals surface area (Å²) < 4.78 is 2.01. The Hall–Kier alpha value is -3.66. The average molecular weight is 557 g/mol. The summed E-state index contributed by atoms with van der Waals surface area (Å²) >= 11 is 0. The van der Waals surface area contributed by atoms with Crippen molar-refractivity contribution in [2.75, 3.05) is 49.1 Å². The first-order chi connectivity index (χ1) is 20.0. The smallest absolute Gasteiger partial charge is 0.349 e. The molecule has 216 valence electrons. The van der Waals surface area contributed by atoms with Crippen molar-refractivity contribution in [2.24, 2.45) is 0 Å². The number of rotatable bonds is 6. The lowest BCUT2D eigenvalue weighted by Gasteiger charge is -2.41. The van der Waals surface area contributed by atoms with Crippen molar-refractivity contribution in [2.45, 2.75) is 70.6 Å². The Morgan fingerprint density at radius 1 is 1.07 bits per heavy atom. The van der Waals surface area contributed by atoms with Crippen molar-refractivity contribution in [1.29, 1.82) is 0 Å². The number of hydrogen-bond acceptors (Lipinski definition) is 7. The number of aromatic nitrogens is 4. The highest BCUT2D eigenvalue weighted by molar-refractivity contribution is 5.93. The van der Waals surface area contributed by atoms with Gasteiger partial charge in [-0.25, -0.2) is 4.79 Å². The molecule has 5 heterocycles. The molecule has 1 N–H and O–H groups in total. The van der Waals surface area contributed by atoms with Crippen LogP contribution in [0.4, 0.5) is 11.5 Å². The van der Waals surface area contributed by atoms with Crippen molar-refractivity contribution >= 4 is 28.3 Å². The normalized spacial score (nSPS) is 21.8. The van der Waals surface area contributed by atoms with Gasteiger partial charge in [0.15, 0.2) is 0 Å². The van der Waals surface area contributed by atoms with Gasteiger partial charge in [0, 0.05) is 68.0 Å². The Bertz CT molecular complexity index is 1530. The number of piperazine rings is 1. The van der Waals surface area contributed by atoms with Gasteiger partial charge in [-0.3, -0.25) is 19.4 Å². The maximum Gasteiger partial charge on any atom is 0.349 e. The van der Waals surface area contributed by atoms with Crippen LogP contribution < -0.4 is 15.5 Å². The minimum atomic E-state index is -0.149. The molecule has 4 aliphatic rings. The van der Waals surface area contributed by atoms with Gasteiger partial charge in [0.05, 0.1) is 23.9 Å². The van der Waals surface area contributed by atoms with Gasteiger partial charge in [-0.15, -0.1) is 0 Å². The van der Waals surface area contributed by atoms with Crippen molar-refractivity contribution in [3.8, 4) is 0 Å². The number of likely N-dealkylation sites (tertiary alicyclic amines) is 1. The van der Waals surface area contributed by atoms with Crippen LogP contribution in [-0.2, 0) is 24.3 Å². The number of benzene rings is 1. The highest BCUT2D eigenvalue weighted by atomic mass is 16.2. The van der Waals surface area contributed by atoms with E-state index in [1.54, 1.807) is 0 Å². The molecule has 10 heteroatoms. The lowest BCUT2D eigenvalue weighted by Crippen LogP contribution is -2.50. The summed E-state index contributed by atoms with van der Waals surface area (Å²) in [5, 5.41) is 8.55. The van der Waals surface area contributed by atoms with Gasteiger partial charge in [0.25, 0.3) is 0 Å². The fourth-order valence-electron chi connectivity index (χ4n) is 7.47. The highest BCUT2D eigenvalue weighted by Crippen LogP contribution is 2.36. The van der Waals surface area contributed by atoms with Gasteiger partial charge < -0.3 is 14.7 Å². The zero-order chi connectivity index (χ0) is 28.1. The molecule has 0 spiro atoms. The number of aromatic amines is 1. The van der Waals surface area contributed by atoms with Crippen LogP contribution in [0.5, 0.6) is 0 Å². The Labute approximate surface area is 240 Å². The Balaban J connectivity index is 1.26. The van der Waals surface area contributed by atoms with E-state index < -0.39 is 0 Å². The molecule has 1 aromatic carbocycles. The molecule has 41 heavy (non-hydrogen) atoms. The molecule has 0 unspecified atom stereocenters. The molecule has 2 aromatic heterocycles. The number of aryl methyl sites for hydroxylation is 1. The molecule has 3 fully saturated rings. The topological polar surface area (TPSA) is 93.6 Å². The SMILES string of the molecule is C=CC(=O)N1CCN(c2nc(=O)n(C[C@@H]3CCCN3C3CCC3)c3c2CCN(c2c(C)ccc4[nH]ncc24)C3)CC1. The molecule has 0 bridgehead atoms. The second-order valence-electron chi connectivity index (χ2n) is 12.1. The molecular formula is C31H40N8O2. The highest BCUT2D eigenvalue weighted by Gasteiger charge is 2.36. The Morgan fingerprint density at radius 2 is 1.90 bits per heavy atom. The summed E-state index contributed by atoms with van der Waals surface area (Å²) in [7, 11) is 0. The molecule has 1 atom stereocenters. The standard InChI is InChI=1S/C31H40N8O2/c1-3-28(40)35-14-16-36(17-15-35)30-24-11-13-37(29-21(2)9-10-26-25(29)18-32-34-26)20-27(24)39(31(41)33-30)19-23-8-5-12-38(23)22-6-4-7-22/h3,9-10,18,22-23H,1,4-8,11-17,19-20H2,2H3,(H,32,34)/t23-/m0/s1. The van der Waals surface area contributed by atoms with Crippen LogP contribution in [0, 0.1) is 6.92 Å². The van der Waals surface area contributed by atoms with E-state index >= 15 is 0 Å². The van der Waals surface area contributed by atoms with Crippen LogP contribution in [0.3, 0.4) is 0 Å². The second-order valence-corrected chi connectivity index (χ2v) is 12.1. The predicted octanol–water partition coefficient (Wildman–Crippen LogP) is 2.84. The van der Waals surface area contributed by atoms with E-state index in [2.05, 4.69) is 50.5 Å². The quantitative estimate of drug-likeness (QED) is 0.467. The first-order valence-electron chi connectivity index (χ1n) is 15.2. The van der Waals surface area contributed by atoms with Crippen molar-refractivity contribution in [3.05, 3.63) is 58.3 Å². The number of carbonyl (C=O) groups is 1. The summed E-state index contributed by atoms with van der Waals surface area (Å²) in [6.07, 6.45) is 10.3. The summed E-state index contributed by atoms with van der Waals surface area (Å²) in [5.74, 6) is 0.772. The third kappa shape index (κ3) is 4.62. The number of H-pyrrole nitrogens is 1. The van der Waals surface area contributed by atoms with Crippen LogP contribution in [0.15, 0.2) is 35.8 Å². The molecule has 1 saturated carbocycles. The van der Waals surface area contributed by atoms with Crippen molar-refractivity contribution < 1.29 is 4.79 Å². The van der Waals surface area contributed by atoms with Crippen molar-refractivity contribution in [3.63, 3.8) is 0 Å². The molecule has 0 radical (unpaired) electrons. The number of nitrogens with zero attached hydrogens (tertiary/aromatic N) is 7. The fourth-order valence-corrected chi connectivity index (χ4v) is 7.47. The lowest BCUT2D eigenvalue weighted by atomic mass is 9.91. The molecule has 3 aliphatic heterocycles. The molecular weight excluding hydrogens is 516 g/mol. The third-order valence-electron chi connectivity index (χ3n) is 9.89. The Morgan fingerprint density at radius 3 is 2.66 bits per heavy atom. The summed E-state index contributed by atoms with van der Waals surface area (Å²) in [5.41, 5.74) is 5.56. The number of nitrogens with one attached hydrogen (secondary N) is 1. The summed E-state index contributed by atoms with van der Waals surface area (Å²) in [4.78, 5) is 40.0. The zero-order valence-corrected chi connectivity index (χ0v) is 24.0. The van der Waals surface area contributed by atoms with E-state index in [1.807, 2.05) is 15.7 Å². The lowest BCUT2D eigenvalue weighted by molar-refractivity contribution is -0.126. The third-order valence-corrected chi connectivity index (χ3v) is 9.89. The van der Waals surface area contributed by atoms with Gasteiger partial charge in [-0.1, -0.05) is 19.1 Å². The molecule has 1 amide bonds. The van der Waals surface area contributed by atoms with E-state index in [0.29, 0.717) is 51.4 Å². The number of amides is 1. The van der Waals surface area contributed by atoms with Gasteiger partial charge in [-0.2, -0.15) is 10.1 Å². The average Bonchev–Trinajstić information content (AvgIpc) is 3.62. The van der Waals surface area contributed by atoms with E-state index in [0.717, 1.165) is 48.3 Å². The maximum atomic E-state index is 13.9. The molecule has 2 saturated heterocycles. The zero-order valence-electron chi connectivity index (χ0n) is 24.0. The first-order valence-corrected chi connectivity index (χ1v) is 15.2. The Kier molecular flexibility index (Phi) is 6.81. The monoisotopic (exact) mass is 556 g/mol. The van der Waals surface area contributed by atoms with E-state index in [1.165, 1.54) is 48.6 Å². The van der Waals surface area contributed by atoms with Gasteiger partial charge in [0.1, 0.15) is 5.82 Å². The largest absolute Gasteiger partial charge is 0.365 e. The summed E-state index contributed by atoms with van der Waals surface area (Å²) in [6.45, 7) is 11.7. The van der Waals surface area contributed by atoms with Gasteiger partial charge in [-0.05, 0) is 63.3 Å². The van der Waals surface area contributed by atoms with Crippen molar-refractivity contribution in [1.82, 2.24) is 29.5 Å². The van der Waals surface area contributed by atoms with Gasteiger partial charge in [0.2, 0.25) is 5.91 Å². The summed E-state index contributed by atoms with van der Waals surface area (Å²) in [6, 6.07) is 5.30. The second kappa shape index (κ2) is 10.6. The van der Waals surface area contributed by atoms with E-state index in [9.17, 15) is 9.59 Å². The van der Waals surface area contributed by atoms with E-state index in [-0.39, 0.29) is 11.6 Å².